The molecule has 2 aromatic carbocycles. The lowest BCUT2D eigenvalue weighted by atomic mass is 10.1. The summed E-state index contributed by atoms with van der Waals surface area (Å²) >= 11 is 0. The third kappa shape index (κ3) is 10.2. The van der Waals surface area contributed by atoms with Gasteiger partial charge in [0.25, 0.3) is 20.2 Å². The van der Waals surface area contributed by atoms with Gasteiger partial charge in [0.2, 0.25) is 35.7 Å². The van der Waals surface area contributed by atoms with E-state index in [4.69, 9.17) is 18.9 Å². The predicted octanol–water partition coefficient (Wildman–Crippen LogP) is 1.55. The first kappa shape index (κ1) is 41.4. The molecule has 4 N–H and O–H groups in total. The first-order valence-electron chi connectivity index (χ1n) is 19.2. The van der Waals surface area contributed by atoms with Crippen molar-refractivity contribution in [1.82, 2.24) is 29.9 Å². The fraction of sp³-hybridized carbons (Fsp3) is 0.444. The molecule has 0 spiro atoms. The van der Waals surface area contributed by atoms with Crippen molar-refractivity contribution in [3.8, 4) is 0 Å². The number of nitrogens with one attached hydrogen (secondary N) is 2. The van der Waals surface area contributed by atoms with Crippen LogP contribution in [0.4, 0.5) is 47.1 Å². The van der Waals surface area contributed by atoms with Gasteiger partial charge in [-0.25, -0.2) is 0 Å². The van der Waals surface area contributed by atoms with Crippen LogP contribution in [-0.4, -0.2) is 161 Å². The van der Waals surface area contributed by atoms with Crippen molar-refractivity contribution in [1.29, 1.82) is 0 Å². The number of rotatable bonds is 12. The molecule has 0 atom stereocenters. The molecule has 60 heavy (non-hydrogen) atoms. The maximum atomic E-state index is 12.7. The Morgan fingerprint density at radius 2 is 0.750 bits per heavy atom. The Bertz CT molecular complexity index is 2180. The number of hydrogen-bond donors (Lipinski definition) is 4. The van der Waals surface area contributed by atoms with Gasteiger partial charge in [-0.15, -0.1) is 0 Å². The molecule has 0 radical (unpaired) electrons. The standard InChI is InChI=1S/C36H44N12O10S2/c49-59(50,51)29-23-27(37-31-39-33(45-7-15-55-16-8-45)43-34(40-31)46-9-17-56-18-10-46)5-3-25(29)1-2-26-4-6-28(24-30(26)60(52,53)54)38-32-41-35(47-11-19-57-20-12-47)44-36(42-32)48-13-21-58-22-14-48/h1-6,23-24H,7-22H2,(H,49,50,51)(H,52,53,54)(H,37,39,40,43)(H,38,41,42,44)/b2-1+. The van der Waals surface area contributed by atoms with Gasteiger partial charge in [-0.1, -0.05) is 24.3 Å². The second-order valence-corrected chi connectivity index (χ2v) is 16.7. The highest BCUT2D eigenvalue weighted by Gasteiger charge is 2.24. The van der Waals surface area contributed by atoms with Gasteiger partial charge in [-0.05, 0) is 35.4 Å². The summed E-state index contributed by atoms with van der Waals surface area (Å²) in [5.74, 6) is 1.99. The summed E-state index contributed by atoms with van der Waals surface area (Å²) in [7, 11) is -9.63. The molecule has 0 saturated carbocycles. The Kier molecular flexibility index (Phi) is 12.5. The van der Waals surface area contributed by atoms with Crippen LogP contribution in [0.3, 0.4) is 0 Å². The Morgan fingerprint density at radius 1 is 0.467 bits per heavy atom. The Balaban J connectivity index is 1.06. The lowest BCUT2D eigenvalue weighted by Crippen LogP contribution is -2.40. The largest absolute Gasteiger partial charge is 0.378 e. The zero-order chi connectivity index (χ0) is 41.7. The van der Waals surface area contributed by atoms with Crippen molar-refractivity contribution < 1.29 is 44.9 Å². The number of aromatic nitrogens is 6. The van der Waals surface area contributed by atoms with Gasteiger partial charge in [0.05, 0.1) is 52.9 Å². The predicted molar refractivity (Wildman–Crippen MR) is 220 cm³/mol. The van der Waals surface area contributed by atoms with Crippen molar-refractivity contribution in [2.75, 3.05) is 135 Å². The second kappa shape index (κ2) is 18.1. The third-order valence-corrected chi connectivity index (χ3v) is 11.8. The van der Waals surface area contributed by atoms with Crippen LogP contribution in [0.5, 0.6) is 0 Å². The minimum absolute atomic E-state index is 0.0293. The van der Waals surface area contributed by atoms with E-state index < -0.39 is 30.0 Å². The van der Waals surface area contributed by atoms with Crippen molar-refractivity contribution in [2.24, 2.45) is 0 Å². The van der Waals surface area contributed by atoms with Gasteiger partial charge in [-0.2, -0.15) is 46.7 Å². The van der Waals surface area contributed by atoms with Gasteiger partial charge in [0.1, 0.15) is 9.79 Å². The van der Waals surface area contributed by atoms with Crippen LogP contribution in [0.2, 0.25) is 0 Å². The van der Waals surface area contributed by atoms with E-state index in [1.807, 2.05) is 19.6 Å². The van der Waals surface area contributed by atoms with E-state index >= 15 is 0 Å². The van der Waals surface area contributed by atoms with Crippen molar-refractivity contribution in [3.63, 3.8) is 0 Å². The molecule has 4 aromatic rings. The van der Waals surface area contributed by atoms with Crippen LogP contribution in [0.25, 0.3) is 12.2 Å². The summed E-state index contributed by atoms with van der Waals surface area (Å²) in [6.07, 6.45) is 2.63. The highest BCUT2D eigenvalue weighted by molar-refractivity contribution is 7.86. The molecule has 0 unspecified atom stereocenters. The summed E-state index contributed by atoms with van der Waals surface area (Å²) in [6.45, 7) is 8.65. The first-order valence-corrected chi connectivity index (χ1v) is 22.1. The van der Waals surface area contributed by atoms with Crippen LogP contribution in [-0.2, 0) is 39.2 Å². The SMILES string of the molecule is O=S(=O)(O)c1cc(Nc2nc(N3CCOCC3)nc(N3CCOCC3)n2)ccc1/C=C/c1ccc(Nc2nc(N3CCOCC3)nc(N3CCOCC3)n2)cc1S(=O)(=O)O. The summed E-state index contributed by atoms with van der Waals surface area (Å²) in [6, 6.07) is 8.39. The van der Waals surface area contributed by atoms with E-state index in [0.29, 0.717) is 129 Å². The summed E-state index contributed by atoms with van der Waals surface area (Å²) in [4.78, 5) is 34.7. The highest BCUT2D eigenvalue weighted by atomic mass is 32.2. The molecule has 22 nitrogen and oxygen atoms in total. The fourth-order valence-corrected chi connectivity index (χ4v) is 8.24. The topological polar surface area (TPSA) is 260 Å². The molecule has 4 fully saturated rings. The minimum Gasteiger partial charge on any atom is -0.378 e. The second-order valence-electron chi connectivity index (χ2n) is 14.0. The zero-order valence-corrected chi connectivity index (χ0v) is 34.0. The molecule has 0 amide bonds. The Hall–Kier alpha value is -5.34. The summed E-state index contributed by atoms with van der Waals surface area (Å²) < 4.78 is 93.5. The molecule has 320 valence electrons. The average Bonchev–Trinajstić information content (AvgIpc) is 3.26. The van der Waals surface area contributed by atoms with E-state index in [0.717, 1.165) is 0 Å². The molecule has 4 aliphatic rings. The van der Waals surface area contributed by atoms with E-state index in [-0.39, 0.29) is 34.4 Å². The number of ether oxygens (including phenoxy) is 4. The zero-order valence-electron chi connectivity index (χ0n) is 32.4. The monoisotopic (exact) mass is 868 g/mol. The average molecular weight is 869 g/mol. The molecule has 24 heteroatoms. The maximum absolute atomic E-state index is 12.7. The number of nitrogens with zero attached hydrogens (tertiary/aromatic N) is 10. The fourth-order valence-electron chi connectivity index (χ4n) is 6.82. The molecule has 8 rings (SSSR count). The molecule has 0 bridgehead atoms. The highest BCUT2D eigenvalue weighted by Crippen LogP contribution is 2.29. The molecular weight excluding hydrogens is 825 g/mol. The van der Waals surface area contributed by atoms with Gasteiger partial charge in [0.15, 0.2) is 0 Å². The molecule has 4 saturated heterocycles. The van der Waals surface area contributed by atoms with Crippen molar-refractivity contribution in [3.05, 3.63) is 47.5 Å². The van der Waals surface area contributed by atoms with Gasteiger partial charge in [0, 0.05) is 63.7 Å². The Labute approximate surface area is 346 Å². The molecule has 2 aromatic heterocycles. The van der Waals surface area contributed by atoms with Gasteiger partial charge in [-0.3, -0.25) is 9.11 Å². The van der Waals surface area contributed by atoms with E-state index in [2.05, 4.69) is 40.5 Å². The van der Waals surface area contributed by atoms with E-state index in [1.165, 1.54) is 36.4 Å². The lowest BCUT2D eigenvalue weighted by Gasteiger charge is -2.30. The lowest BCUT2D eigenvalue weighted by molar-refractivity contribution is 0.121. The van der Waals surface area contributed by atoms with Gasteiger partial charge >= 0.3 is 0 Å². The van der Waals surface area contributed by atoms with Crippen LogP contribution in [0.15, 0.2) is 46.2 Å². The van der Waals surface area contributed by atoms with E-state index in [9.17, 15) is 25.9 Å². The van der Waals surface area contributed by atoms with Crippen LogP contribution in [0, 0.1) is 0 Å². The maximum Gasteiger partial charge on any atom is 0.295 e. The molecule has 4 aliphatic heterocycles. The summed E-state index contributed by atoms with van der Waals surface area (Å²) in [5, 5.41) is 6.10. The smallest absolute Gasteiger partial charge is 0.295 e. The third-order valence-electron chi connectivity index (χ3n) is 9.94. The van der Waals surface area contributed by atoms with Crippen molar-refractivity contribution >= 4 is 79.5 Å². The molecule has 0 aliphatic carbocycles. The number of benzene rings is 2. The number of anilines is 8. The van der Waals surface area contributed by atoms with Crippen LogP contribution >= 0.6 is 0 Å². The number of morpholine rings is 4. The van der Waals surface area contributed by atoms with Crippen molar-refractivity contribution in [2.45, 2.75) is 9.79 Å². The van der Waals surface area contributed by atoms with Gasteiger partial charge < -0.3 is 49.2 Å². The first-order chi connectivity index (χ1) is 29.0. The quantitative estimate of drug-likeness (QED) is 0.116. The molecular formula is C36H44N12O10S2. The minimum atomic E-state index is -4.81. The number of hydrogen-bond acceptors (Lipinski definition) is 20. The summed E-state index contributed by atoms with van der Waals surface area (Å²) in [5.41, 5.74) is 0.545. The van der Waals surface area contributed by atoms with Crippen LogP contribution in [0.1, 0.15) is 11.1 Å². The van der Waals surface area contributed by atoms with Crippen LogP contribution < -0.4 is 30.2 Å². The van der Waals surface area contributed by atoms with E-state index in [1.54, 1.807) is 12.1 Å². The normalized spacial score (nSPS) is 18.2. The molecule has 6 heterocycles. The Morgan fingerprint density at radius 3 is 1.02 bits per heavy atom.